The third kappa shape index (κ3) is 1.57. The third-order valence-electron chi connectivity index (χ3n) is 2.20. The molecule has 2 heterocycles. The van der Waals surface area contributed by atoms with Crippen LogP contribution in [0.5, 0.6) is 0 Å². The number of halogens is 2. The van der Waals surface area contributed by atoms with Gasteiger partial charge in [-0.3, -0.25) is 0 Å². The maximum Gasteiger partial charge on any atom is 0.157 e. The summed E-state index contributed by atoms with van der Waals surface area (Å²) >= 11 is 9.41. The van der Waals surface area contributed by atoms with Gasteiger partial charge in [-0.1, -0.05) is 11.6 Å². The average molecular weight is 277 g/mol. The highest BCUT2D eigenvalue weighted by Gasteiger charge is 2.28. The van der Waals surface area contributed by atoms with Crippen LogP contribution in [0.1, 0.15) is 13.8 Å². The van der Waals surface area contributed by atoms with Crippen molar-refractivity contribution in [2.24, 2.45) is 0 Å². The van der Waals surface area contributed by atoms with E-state index in [2.05, 4.69) is 45.0 Å². The van der Waals surface area contributed by atoms with E-state index in [0.29, 0.717) is 11.2 Å². The number of hydrogen-bond acceptors (Lipinski definition) is 3. The molecule has 0 saturated carbocycles. The Labute approximate surface area is 96.6 Å². The zero-order chi connectivity index (χ0) is 10.3. The second-order valence-electron chi connectivity index (χ2n) is 3.51. The Morgan fingerprint density at radius 1 is 1.64 bits per heavy atom. The van der Waals surface area contributed by atoms with Crippen LogP contribution < -0.4 is 10.2 Å². The SMILES string of the molecule is CC(C)N1c2cc(Cl)ncc2NC1Br. The summed E-state index contributed by atoms with van der Waals surface area (Å²) in [7, 11) is 0. The van der Waals surface area contributed by atoms with Crippen molar-refractivity contribution in [1.29, 1.82) is 0 Å². The first-order valence-electron chi connectivity index (χ1n) is 4.44. The van der Waals surface area contributed by atoms with Crippen LogP contribution in [-0.2, 0) is 0 Å². The molecule has 1 aliphatic rings. The molecule has 0 saturated heterocycles. The number of aromatic nitrogens is 1. The smallest absolute Gasteiger partial charge is 0.157 e. The topological polar surface area (TPSA) is 28.2 Å². The lowest BCUT2D eigenvalue weighted by Gasteiger charge is -2.26. The molecular weight excluding hydrogens is 265 g/mol. The lowest BCUT2D eigenvalue weighted by molar-refractivity contribution is 0.710. The van der Waals surface area contributed by atoms with Gasteiger partial charge >= 0.3 is 0 Å². The zero-order valence-electron chi connectivity index (χ0n) is 7.96. The Balaban J connectivity index is 2.44. The van der Waals surface area contributed by atoms with Gasteiger partial charge in [0.15, 0.2) is 5.08 Å². The lowest BCUT2D eigenvalue weighted by atomic mass is 10.3. The molecule has 1 N–H and O–H groups in total. The van der Waals surface area contributed by atoms with Gasteiger partial charge in [-0.2, -0.15) is 0 Å². The van der Waals surface area contributed by atoms with Crippen LogP contribution in [0.15, 0.2) is 12.3 Å². The van der Waals surface area contributed by atoms with Crippen molar-refractivity contribution in [2.45, 2.75) is 25.0 Å². The van der Waals surface area contributed by atoms with Crippen molar-refractivity contribution in [3.8, 4) is 0 Å². The number of rotatable bonds is 1. The molecule has 0 aliphatic carbocycles. The molecule has 1 unspecified atom stereocenters. The minimum Gasteiger partial charge on any atom is -0.353 e. The highest BCUT2D eigenvalue weighted by atomic mass is 79.9. The fourth-order valence-electron chi connectivity index (χ4n) is 1.60. The van der Waals surface area contributed by atoms with E-state index in [1.165, 1.54) is 0 Å². The summed E-state index contributed by atoms with van der Waals surface area (Å²) in [6.07, 6.45) is 1.76. The molecule has 76 valence electrons. The summed E-state index contributed by atoms with van der Waals surface area (Å²) in [5, 5.41) is 3.93. The fraction of sp³-hybridized carbons (Fsp3) is 0.444. The minimum atomic E-state index is 0.123. The maximum atomic E-state index is 5.86. The van der Waals surface area contributed by atoms with Crippen molar-refractivity contribution >= 4 is 38.9 Å². The Bertz CT molecular complexity index is 356. The molecule has 0 spiro atoms. The van der Waals surface area contributed by atoms with E-state index in [1.807, 2.05) is 6.07 Å². The van der Waals surface area contributed by atoms with Crippen molar-refractivity contribution in [3.05, 3.63) is 17.4 Å². The van der Waals surface area contributed by atoms with Gasteiger partial charge in [-0.05, 0) is 29.8 Å². The first-order chi connectivity index (χ1) is 6.59. The first-order valence-corrected chi connectivity index (χ1v) is 5.73. The van der Waals surface area contributed by atoms with Crippen LogP contribution in [0.25, 0.3) is 0 Å². The van der Waals surface area contributed by atoms with Gasteiger partial charge in [0.25, 0.3) is 0 Å². The molecule has 1 atom stereocenters. The quantitative estimate of drug-likeness (QED) is 0.485. The first kappa shape index (κ1) is 10.1. The van der Waals surface area contributed by atoms with Crippen LogP contribution in [0.4, 0.5) is 11.4 Å². The second kappa shape index (κ2) is 3.59. The number of nitrogens with one attached hydrogen (secondary N) is 1. The molecule has 0 radical (unpaired) electrons. The number of nitrogens with zero attached hydrogens (tertiary/aromatic N) is 2. The van der Waals surface area contributed by atoms with E-state index in [-0.39, 0.29) is 5.08 Å². The van der Waals surface area contributed by atoms with Gasteiger partial charge in [0, 0.05) is 12.1 Å². The van der Waals surface area contributed by atoms with Crippen LogP contribution >= 0.6 is 27.5 Å². The number of fused-ring (bicyclic) bond motifs is 1. The molecule has 1 aromatic heterocycles. The number of pyridine rings is 1. The van der Waals surface area contributed by atoms with E-state index in [9.17, 15) is 0 Å². The summed E-state index contributed by atoms with van der Waals surface area (Å²) in [4.78, 5) is 6.25. The summed E-state index contributed by atoms with van der Waals surface area (Å²) in [6.45, 7) is 4.28. The monoisotopic (exact) mass is 275 g/mol. The molecule has 0 bridgehead atoms. The Kier molecular flexibility index (Phi) is 2.58. The average Bonchev–Trinajstić information content (AvgIpc) is 2.40. The van der Waals surface area contributed by atoms with Crippen molar-refractivity contribution in [2.75, 3.05) is 10.2 Å². The highest BCUT2D eigenvalue weighted by Crippen LogP contribution is 2.38. The van der Waals surface area contributed by atoms with Crippen molar-refractivity contribution in [3.63, 3.8) is 0 Å². The number of alkyl halides is 1. The molecule has 0 fully saturated rings. The zero-order valence-corrected chi connectivity index (χ0v) is 10.3. The van der Waals surface area contributed by atoms with Gasteiger partial charge in [-0.15, -0.1) is 0 Å². The standard InChI is InChI=1S/C9H11BrClN3/c1-5(2)14-7-3-8(11)12-4-6(7)13-9(14)10/h3-5,9,13H,1-2H3. The van der Waals surface area contributed by atoms with Gasteiger partial charge < -0.3 is 10.2 Å². The van der Waals surface area contributed by atoms with Gasteiger partial charge in [0.2, 0.25) is 0 Å². The summed E-state index contributed by atoms with van der Waals surface area (Å²) < 4.78 is 0. The fourth-order valence-corrected chi connectivity index (χ4v) is 2.70. The molecule has 2 rings (SSSR count). The van der Waals surface area contributed by atoms with Crippen LogP contribution in [-0.4, -0.2) is 16.1 Å². The molecule has 0 aromatic carbocycles. The Hall–Kier alpha value is -0.480. The molecule has 3 nitrogen and oxygen atoms in total. The van der Waals surface area contributed by atoms with Crippen LogP contribution in [0, 0.1) is 0 Å². The second-order valence-corrected chi connectivity index (χ2v) is 4.76. The third-order valence-corrected chi connectivity index (χ3v) is 3.08. The Morgan fingerprint density at radius 3 is 3.00 bits per heavy atom. The molecule has 1 aliphatic heterocycles. The summed E-state index contributed by atoms with van der Waals surface area (Å²) in [5.74, 6) is 0. The lowest BCUT2D eigenvalue weighted by Crippen LogP contribution is -2.36. The van der Waals surface area contributed by atoms with E-state index < -0.39 is 0 Å². The number of hydrogen-bond donors (Lipinski definition) is 1. The van der Waals surface area contributed by atoms with Crippen LogP contribution in [0.2, 0.25) is 5.15 Å². The van der Waals surface area contributed by atoms with Crippen molar-refractivity contribution < 1.29 is 0 Å². The Morgan fingerprint density at radius 2 is 2.36 bits per heavy atom. The highest BCUT2D eigenvalue weighted by molar-refractivity contribution is 9.09. The largest absolute Gasteiger partial charge is 0.353 e. The van der Waals surface area contributed by atoms with E-state index in [1.54, 1.807) is 6.20 Å². The van der Waals surface area contributed by atoms with Crippen molar-refractivity contribution in [1.82, 2.24) is 4.98 Å². The molecule has 14 heavy (non-hydrogen) atoms. The van der Waals surface area contributed by atoms with E-state index in [4.69, 9.17) is 11.6 Å². The molecule has 0 amide bonds. The van der Waals surface area contributed by atoms with Gasteiger partial charge in [-0.25, -0.2) is 4.98 Å². The summed E-state index contributed by atoms with van der Waals surface area (Å²) in [5.41, 5.74) is 2.12. The number of anilines is 2. The normalized spacial score (nSPS) is 19.8. The van der Waals surface area contributed by atoms with Gasteiger partial charge in [0.05, 0.1) is 17.6 Å². The van der Waals surface area contributed by atoms with Gasteiger partial charge in [0.1, 0.15) is 5.15 Å². The van der Waals surface area contributed by atoms with E-state index in [0.717, 1.165) is 11.4 Å². The predicted octanol–water partition coefficient (Wildman–Crippen LogP) is 3.05. The maximum absolute atomic E-state index is 5.86. The summed E-state index contributed by atoms with van der Waals surface area (Å²) in [6, 6.07) is 2.29. The molecule has 5 heteroatoms. The predicted molar refractivity (Wildman–Crippen MR) is 63.2 cm³/mol. The van der Waals surface area contributed by atoms with Crippen LogP contribution in [0.3, 0.4) is 0 Å². The molecular formula is C9H11BrClN3. The minimum absolute atomic E-state index is 0.123. The molecule has 1 aromatic rings. The van der Waals surface area contributed by atoms with E-state index >= 15 is 0 Å².